The molecule has 0 spiro atoms. The number of aliphatic carboxylic acids is 1. The second-order valence-corrected chi connectivity index (χ2v) is 16.5. The normalized spacial score (nSPS) is 16.5. The van der Waals surface area contributed by atoms with E-state index in [1.165, 1.54) is 45.1 Å². The number of fused-ring (bicyclic) bond motifs is 1. The van der Waals surface area contributed by atoms with E-state index in [-0.39, 0.29) is 25.8 Å². The zero-order chi connectivity index (χ0) is 48.8. The summed E-state index contributed by atoms with van der Waals surface area (Å²) in [6.07, 6.45) is 5.36. The number of imidazole rings is 1. The summed E-state index contributed by atoms with van der Waals surface area (Å²) in [5, 5.41) is 28.4. The van der Waals surface area contributed by atoms with E-state index >= 15 is 0 Å². The number of rotatable bonds is 22. The summed E-state index contributed by atoms with van der Waals surface area (Å²) in [6.45, 7) is 5.25. The van der Waals surface area contributed by atoms with E-state index in [0.717, 1.165) is 16.5 Å². The van der Waals surface area contributed by atoms with Gasteiger partial charge in [0.05, 0.1) is 24.6 Å². The summed E-state index contributed by atoms with van der Waals surface area (Å²) in [5.41, 5.74) is 8.39. The van der Waals surface area contributed by atoms with E-state index in [1.807, 2.05) is 42.5 Å². The van der Waals surface area contributed by atoms with E-state index in [0.29, 0.717) is 24.1 Å². The number of benzene rings is 2. The highest BCUT2D eigenvalue weighted by molar-refractivity contribution is 5.97. The number of nitrogens with one attached hydrogen (secondary N) is 9. The van der Waals surface area contributed by atoms with E-state index in [2.05, 4.69) is 52.2 Å². The zero-order valence-electron chi connectivity index (χ0n) is 37.6. The van der Waals surface area contributed by atoms with Crippen LogP contribution < -0.4 is 43.0 Å². The van der Waals surface area contributed by atoms with Crippen molar-refractivity contribution in [1.29, 1.82) is 0 Å². The number of para-hydroxylation sites is 1. The number of hydrogen-bond acceptors (Lipinski definition) is 11. The second kappa shape index (κ2) is 23.5. The van der Waals surface area contributed by atoms with E-state index in [4.69, 9.17) is 5.73 Å². The molecule has 8 atom stereocenters. The molecule has 0 unspecified atom stereocenters. The molecule has 22 nitrogen and oxygen atoms in total. The van der Waals surface area contributed by atoms with Crippen molar-refractivity contribution in [3.8, 4) is 0 Å². The molecule has 0 radical (unpaired) electrons. The first-order chi connectivity index (χ1) is 31.9. The molecule has 1 saturated heterocycles. The van der Waals surface area contributed by atoms with Gasteiger partial charge < -0.3 is 62.9 Å². The molecule has 12 N–H and O–H groups in total. The van der Waals surface area contributed by atoms with Crippen LogP contribution in [-0.2, 0) is 62.4 Å². The number of nitrogens with zero attached hydrogens (tertiary/aromatic N) is 2. The number of nitrogens with two attached hydrogens (primary N) is 1. The number of likely N-dealkylation sites (tertiary alicyclic amines) is 1. The van der Waals surface area contributed by atoms with Gasteiger partial charge in [-0.15, -0.1) is 0 Å². The predicted octanol–water partition coefficient (Wildman–Crippen LogP) is -1.57. The summed E-state index contributed by atoms with van der Waals surface area (Å²) in [6, 6.07) is 7.32. The number of amides is 8. The van der Waals surface area contributed by atoms with Crippen molar-refractivity contribution in [3.63, 3.8) is 0 Å². The molecule has 2 aromatic carbocycles. The van der Waals surface area contributed by atoms with Gasteiger partial charge in [-0.1, -0.05) is 48.5 Å². The number of hydrogen-bond donors (Lipinski definition) is 11. The van der Waals surface area contributed by atoms with Crippen molar-refractivity contribution in [2.75, 3.05) is 13.1 Å². The Balaban J connectivity index is 1.09. The van der Waals surface area contributed by atoms with Crippen LogP contribution in [0, 0.1) is 0 Å². The van der Waals surface area contributed by atoms with Gasteiger partial charge in [0, 0.05) is 49.1 Å². The van der Waals surface area contributed by atoms with Crippen LogP contribution in [0.15, 0.2) is 73.3 Å². The summed E-state index contributed by atoms with van der Waals surface area (Å²) < 4.78 is 0. The fraction of sp³-hybridized carbons (Fsp3) is 0.422. The Morgan fingerprint density at radius 3 is 2.04 bits per heavy atom. The lowest BCUT2D eigenvalue weighted by Gasteiger charge is -2.29. The number of aromatic nitrogens is 3. The predicted molar refractivity (Wildman–Crippen MR) is 242 cm³/mol. The Morgan fingerprint density at radius 2 is 1.36 bits per heavy atom. The lowest BCUT2D eigenvalue weighted by atomic mass is 10.0. The third kappa shape index (κ3) is 14.2. The first-order valence-electron chi connectivity index (χ1n) is 21.9. The van der Waals surface area contributed by atoms with Gasteiger partial charge in [0.2, 0.25) is 47.3 Å². The maximum absolute atomic E-state index is 13.8. The van der Waals surface area contributed by atoms with Crippen LogP contribution in [0.25, 0.3) is 10.9 Å². The van der Waals surface area contributed by atoms with Crippen LogP contribution in [0.4, 0.5) is 0 Å². The number of carboxylic acid groups (broad SMARTS) is 1. The molecule has 8 amide bonds. The minimum atomic E-state index is -1.36. The molecule has 67 heavy (non-hydrogen) atoms. The van der Waals surface area contributed by atoms with Crippen molar-refractivity contribution in [1.82, 2.24) is 57.1 Å². The van der Waals surface area contributed by atoms with Crippen LogP contribution in [-0.4, -0.2) is 140 Å². The lowest BCUT2D eigenvalue weighted by molar-refractivity contribution is -0.142. The topological polar surface area (TPSA) is 332 Å². The number of carboxylic acids is 1. The van der Waals surface area contributed by atoms with E-state index < -0.39 is 108 Å². The third-order valence-electron chi connectivity index (χ3n) is 11.2. The number of carbonyl (C=O) groups is 9. The molecule has 1 aliphatic rings. The third-order valence-corrected chi connectivity index (χ3v) is 11.2. The molecular weight excluding hydrogens is 869 g/mol. The fourth-order valence-electron chi connectivity index (χ4n) is 7.42. The first-order valence-corrected chi connectivity index (χ1v) is 21.9. The van der Waals surface area contributed by atoms with Crippen molar-refractivity contribution >= 4 is 64.1 Å². The van der Waals surface area contributed by atoms with Crippen LogP contribution in [0.5, 0.6) is 0 Å². The molecule has 1 fully saturated rings. The molecule has 0 aliphatic carbocycles. The minimum absolute atomic E-state index is 0.0532. The first kappa shape index (κ1) is 50.4. The monoisotopic (exact) mass is 926 g/mol. The summed E-state index contributed by atoms with van der Waals surface area (Å²) in [5.74, 6) is -6.77. The summed E-state index contributed by atoms with van der Waals surface area (Å²) >= 11 is 0. The summed E-state index contributed by atoms with van der Waals surface area (Å²) in [4.78, 5) is 129. The standard InChI is InChI=1S/C45H58N12O10/c1-24(46)38(59)55-34(17-28-11-6-5-7-12-28)44(65)57-16-10-15-36(57)43(64)53-25(2)39(60)49-22-37(58)51-26(3)40(61)52-27(4)41(62)54-33(19-30-21-47-23-50-30)42(63)56-35(45(66)67)18-29-20-48-32-14-9-8-13-31(29)32/h5-9,11-14,20-21,23-27,33-36,48H,10,15-19,22,46H2,1-4H3,(H,47,50)(H,49,60)(H,51,58)(H,52,61)(H,53,64)(H,54,62)(H,55,59)(H,56,63)(H,66,67)/t24-,25-,26-,27-,33-,34-,35-,36-/m0/s1. The number of H-pyrrole nitrogens is 2. The molecule has 0 bridgehead atoms. The Bertz CT molecular complexity index is 2410. The van der Waals surface area contributed by atoms with Gasteiger partial charge in [0.1, 0.15) is 42.3 Å². The Labute approximate surface area is 385 Å². The van der Waals surface area contributed by atoms with Crippen LogP contribution >= 0.6 is 0 Å². The van der Waals surface area contributed by atoms with Crippen LogP contribution in [0.2, 0.25) is 0 Å². The highest BCUT2D eigenvalue weighted by Crippen LogP contribution is 2.21. The van der Waals surface area contributed by atoms with Gasteiger partial charge in [-0.25, -0.2) is 9.78 Å². The maximum Gasteiger partial charge on any atom is 0.326 e. The largest absolute Gasteiger partial charge is 0.480 e. The molecule has 1 aliphatic heterocycles. The van der Waals surface area contributed by atoms with Gasteiger partial charge in [-0.3, -0.25) is 38.4 Å². The van der Waals surface area contributed by atoms with E-state index in [9.17, 15) is 48.3 Å². The Hall–Kier alpha value is -7.62. The quantitative estimate of drug-likeness (QED) is 0.0426. The van der Waals surface area contributed by atoms with Gasteiger partial charge in [-0.2, -0.15) is 0 Å². The van der Waals surface area contributed by atoms with Crippen LogP contribution in [0.3, 0.4) is 0 Å². The van der Waals surface area contributed by atoms with Crippen LogP contribution in [0.1, 0.15) is 57.4 Å². The molecule has 358 valence electrons. The van der Waals surface area contributed by atoms with Gasteiger partial charge in [0.25, 0.3) is 0 Å². The van der Waals surface area contributed by atoms with Gasteiger partial charge in [-0.05, 0) is 57.7 Å². The molecular formula is C45H58N12O10. The average molecular weight is 927 g/mol. The SMILES string of the molecule is C[C@H](N)C(=O)N[C@@H](Cc1ccccc1)C(=O)N1CCC[C@H]1C(=O)N[C@@H](C)C(=O)NCC(=O)N[C@@H](C)C(=O)N[C@@H](C)C(=O)N[C@@H](Cc1c[nH]cn1)C(=O)N[C@@H](Cc1c[nH]c2ccccc12)C(=O)O. The van der Waals surface area contributed by atoms with Crippen molar-refractivity contribution in [3.05, 3.63) is 90.1 Å². The zero-order valence-corrected chi connectivity index (χ0v) is 37.6. The van der Waals surface area contributed by atoms with Gasteiger partial charge >= 0.3 is 5.97 Å². The maximum atomic E-state index is 13.8. The fourth-order valence-corrected chi connectivity index (χ4v) is 7.42. The van der Waals surface area contributed by atoms with Crippen molar-refractivity contribution in [2.24, 2.45) is 5.73 Å². The molecule has 5 rings (SSSR count). The smallest absolute Gasteiger partial charge is 0.326 e. The van der Waals surface area contributed by atoms with Crippen molar-refractivity contribution in [2.45, 2.75) is 108 Å². The molecule has 0 saturated carbocycles. The average Bonchev–Trinajstić information content (AvgIpc) is 4.10. The number of carbonyl (C=O) groups excluding carboxylic acids is 8. The number of aromatic amines is 2. The Morgan fingerprint density at radius 1 is 0.716 bits per heavy atom. The Kier molecular flexibility index (Phi) is 17.7. The molecule has 3 heterocycles. The minimum Gasteiger partial charge on any atom is -0.480 e. The molecule has 22 heteroatoms. The lowest BCUT2D eigenvalue weighted by Crippen LogP contribution is -2.58. The van der Waals surface area contributed by atoms with E-state index in [1.54, 1.807) is 18.3 Å². The molecule has 2 aromatic heterocycles. The second-order valence-electron chi connectivity index (χ2n) is 16.5. The highest BCUT2D eigenvalue weighted by atomic mass is 16.4. The highest BCUT2D eigenvalue weighted by Gasteiger charge is 2.39. The van der Waals surface area contributed by atoms with Gasteiger partial charge in [0.15, 0.2) is 0 Å². The summed E-state index contributed by atoms with van der Waals surface area (Å²) in [7, 11) is 0. The molecule has 4 aromatic rings. The van der Waals surface area contributed by atoms with Crippen molar-refractivity contribution < 1.29 is 48.3 Å².